The van der Waals surface area contributed by atoms with E-state index in [2.05, 4.69) is 0 Å². The Hall–Kier alpha value is -2.86. The molecule has 2 aliphatic heterocycles. The van der Waals surface area contributed by atoms with Crippen LogP contribution in [0, 0.1) is 0 Å². The van der Waals surface area contributed by atoms with Gasteiger partial charge in [-0.1, -0.05) is 54.6 Å². The van der Waals surface area contributed by atoms with Gasteiger partial charge in [-0.25, -0.2) is 0 Å². The van der Waals surface area contributed by atoms with Gasteiger partial charge in [-0.05, 0) is 47.2 Å². The zero-order chi connectivity index (χ0) is 20.2. The summed E-state index contributed by atoms with van der Waals surface area (Å²) in [6.07, 6.45) is 0.793. The van der Waals surface area contributed by atoms with Crippen molar-refractivity contribution in [3.8, 4) is 11.5 Å². The van der Waals surface area contributed by atoms with E-state index in [1.807, 2.05) is 54.6 Å². The highest BCUT2D eigenvalue weighted by Crippen LogP contribution is 2.38. The summed E-state index contributed by atoms with van der Waals surface area (Å²) < 4.78 is 10.9. The molecule has 29 heavy (non-hydrogen) atoms. The van der Waals surface area contributed by atoms with Crippen molar-refractivity contribution in [3.05, 3.63) is 94.5 Å². The van der Waals surface area contributed by atoms with E-state index >= 15 is 0 Å². The van der Waals surface area contributed by atoms with Crippen LogP contribution in [0.25, 0.3) is 0 Å². The van der Waals surface area contributed by atoms with Gasteiger partial charge in [0.2, 0.25) is 0 Å². The number of aromatic hydroxyl groups is 2. The second kappa shape index (κ2) is 8.66. The van der Waals surface area contributed by atoms with E-state index < -0.39 is 6.29 Å². The lowest BCUT2D eigenvalue weighted by atomic mass is 9.92. The first-order valence-electron chi connectivity index (χ1n) is 9.72. The third-order valence-corrected chi connectivity index (χ3v) is 5.25. The number of hydrogen-bond donors (Lipinski definition) is 3. The van der Waals surface area contributed by atoms with Crippen LogP contribution in [0.15, 0.2) is 66.7 Å². The maximum Gasteiger partial charge on any atom is 0.181 e. The molecular weight excluding hydrogens is 368 g/mol. The summed E-state index contributed by atoms with van der Waals surface area (Å²) in [5.41, 5.74) is 5.14. The Balaban J connectivity index is 0.000000159. The average molecular weight is 392 g/mol. The molecule has 0 saturated carbocycles. The first kappa shape index (κ1) is 19.5. The fraction of sp³-hybridized carbons (Fsp3) is 0.250. The molecule has 0 amide bonds. The van der Waals surface area contributed by atoms with Crippen LogP contribution < -0.4 is 0 Å². The summed E-state index contributed by atoms with van der Waals surface area (Å²) in [5, 5.41) is 28.5. The molecule has 5 rings (SSSR count). The molecule has 2 heterocycles. The summed E-state index contributed by atoms with van der Waals surface area (Å²) >= 11 is 0. The number of aliphatic hydroxyl groups is 1. The van der Waals surface area contributed by atoms with Crippen molar-refractivity contribution in [1.29, 1.82) is 0 Å². The second-order valence-electron chi connectivity index (χ2n) is 7.12. The van der Waals surface area contributed by atoms with E-state index in [-0.39, 0.29) is 17.6 Å². The third kappa shape index (κ3) is 4.27. The van der Waals surface area contributed by atoms with Crippen molar-refractivity contribution in [1.82, 2.24) is 0 Å². The van der Waals surface area contributed by atoms with Gasteiger partial charge in [-0.3, -0.25) is 0 Å². The van der Waals surface area contributed by atoms with Crippen molar-refractivity contribution in [2.45, 2.75) is 25.2 Å². The Morgan fingerprint density at radius 3 is 2.14 bits per heavy atom. The molecule has 150 valence electrons. The first-order valence-corrected chi connectivity index (χ1v) is 9.72. The number of phenols is 2. The fourth-order valence-corrected chi connectivity index (χ4v) is 3.75. The molecule has 0 aliphatic carbocycles. The minimum Gasteiger partial charge on any atom is -0.504 e. The molecule has 5 heteroatoms. The number of ether oxygens (including phenoxy) is 2. The lowest BCUT2D eigenvalue weighted by Gasteiger charge is -2.26. The normalized spacial score (nSPS) is 20.0. The number of aliphatic hydroxyl groups excluding tert-OH is 1. The van der Waals surface area contributed by atoms with E-state index in [9.17, 15) is 15.3 Å². The lowest BCUT2D eigenvalue weighted by molar-refractivity contribution is -0.110. The zero-order valence-electron chi connectivity index (χ0n) is 16.0. The summed E-state index contributed by atoms with van der Waals surface area (Å²) in [4.78, 5) is 0. The van der Waals surface area contributed by atoms with Crippen LogP contribution in [0.2, 0.25) is 0 Å². The quantitative estimate of drug-likeness (QED) is 0.546. The summed E-state index contributed by atoms with van der Waals surface area (Å²) in [6.45, 7) is 1.24. The Morgan fingerprint density at radius 2 is 1.34 bits per heavy atom. The molecule has 3 N–H and O–H groups in total. The highest BCUT2D eigenvalue weighted by molar-refractivity contribution is 5.49. The summed E-state index contributed by atoms with van der Waals surface area (Å²) in [7, 11) is 0. The van der Waals surface area contributed by atoms with Gasteiger partial charge >= 0.3 is 0 Å². The minimum absolute atomic E-state index is 0.0672. The lowest BCUT2D eigenvalue weighted by Crippen LogP contribution is -2.17. The Morgan fingerprint density at radius 1 is 0.690 bits per heavy atom. The monoisotopic (exact) mass is 392 g/mol. The number of rotatable bonds is 1. The van der Waals surface area contributed by atoms with E-state index in [0.29, 0.717) is 13.2 Å². The van der Waals surface area contributed by atoms with Gasteiger partial charge in [0.15, 0.2) is 17.8 Å². The van der Waals surface area contributed by atoms with Crippen LogP contribution in [0.4, 0.5) is 0 Å². The van der Waals surface area contributed by atoms with Crippen molar-refractivity contribution < 1.29 is 24.8 Å². The van der Waals surface area contributed by atoms with Crippen LogP contribution in [0.5, 0.6) is 11.5 Å². The Labute approximate surface area is 169 Å². The standard InChI is InChI=1S/C15H14O3.C9H10O2/c16-13-8-11-6-7-18-15(12(11)9-14(13)17)10-4-2-1-3-5-10;10-9-8-4-2-1-3-7(8)5-6-11-9/h1-5,8-9,15-17H,6-7H2;1-4,9-10H,5-6H2. The van der Waals surface area contributed by atoms with Crippen LogP contribution in [0.1, 0.15) is 40.2 Å². The van der Waals surface area contributed by atoms with Gasteiger partial charge in [-0.15, -0.1) is 0 Å². The molecule has 5 nitrogen and oxygen atoms in total. The van der Waals surface area contributed by atoms with E-state index in [0.717, 1.165) is 35.1 Å². The average Bonchev–Trinajstić information content (AvgIpc) is 2.76. The molecule has 0 spiro atoms. The molecule has 0 radical (unpaired) electrons. The molecule has 2 unspecified atom stereocenters. The predicted molar refractivity (Wildman–Crippen MR) is 109 cm³/mol. The number of hydrogen-bond acceptors (Lipinski definition) is 5. The van der Waals surface area contributed by atoms with Gasteiger partial charge in [0.05, 0.1) is 13.2 Å². The van der Waals surface area contributed by atoms with Crippen molar-refractivity contribution in [2.24, 2.45) is 0 Å². The molecule has 0 saturated heterocycles. The van der Waals surface area contributed by atoms with Crippen molar-refractivity contribution >= 4 is 0 Å². The Kier molecular flexibility index (Phi) is 5.81. The van der Waals surface area contributed by atoms with Crippen LogP contribution in [0.3, 0.4) is 0 Å². The van der Waals surface area contributed by atoms with Gasteiger partial charge < -0.3 is 24.8 Å². The topological polar surface area (TPSA) is 79.2 Å². The van der Waals surface area contributed by atoms with Crippen LogP contribution in [-0.4, -0.2) is 28.5 Å². The van der Waals surface area contributed by atoms with E-state index in [1.54, 1.807) is 12.1 Å². The minimum atomic E-state index is -0.708. The maximum atomic E-state index is 9.63. The molecule has 2 aliphatic rings. The smallest absolute Gasteiger partial charge is 0.181 e. The van der Waals surface area contributed by atoms with Crippen molar-refractivity contribution in [3.63, 3.8) is 0 Å². The highest BCUT2D eigenvalue weighted by atomic mass is 16.6. The number of phenolic OH excluding ortho intramolecular Hbond substituents is 2. The van der Waals surface area contributed by atoms with E-state index in [1.165, 1.54) is 5.56 Å². The molecular formula is C24H24O5. The van der Waals surface area contributed by atoms with Gasteiger partial charge in [0, 0.05) is 5.56 Å². The fourth-order valence-electron chi connectivity index (χ4n) is 3.75. The largest absolute Gasteiger partial charge is 0.504 e. The third-order valence-electron chi connectivity index (χ3n) is 5.25. The zero-order valence-corrected chi connectivity index (χ0v) is 16.0. The predicted octanol–water partition coefficient (Wildman–Crippen LogP) is 4.01. The SMILES string of the molecule is OC1OCCc2ccccc21.Oc1cc2c(cc1O)C(c1ccccc1)OCC2. The number of benzene rings is 3. The maximum absolute atomic E-state index is 9.63. The van der Waals surface area contributed by atoms with Gasteiger partial charge in [0.25, 0.3) is 0 Å². The molecule has 0 fully saturated rings. The van der Waals surface area contributed by atoms with Gasteiger partial charge in [0.1, 0.15) is 6.10 Å². The molecule has 0 bridgehead atoms. The van der Waals surface area contributed by atoms with Gasteiger partial charge in [-0.2, -0.15) is 0 Å². The number of fused-ring (bicyclic) bond motifs is 2. The molecule has 2 atom stereocenters. The second-order valence-corrected chi connectivity index (χ2v) is 7.12. The summed E-state index contributed by atoms with van der Waals surface area (Å²) in [5.74, 6) is -0.164. The van der Waals surface area contributed by atoms with Crippen LogP contribution >= 0.6 is 0 Å². The molecule has 0 aromatic heterocycles. The Bertz CT molecular complexity index is 970. The first-order chi connectivity index (χ1) is 14.1. The summed E-state index contributed by atoms with van der Waals surface area (Å²) in [6, 6.07) is 21.0. The molecule has 3 aromatic rings. The molecule has 3 aromatic carbocycles. The van der Waals surface area contributed by atoms with Crippen molar-refractivity contribution in [2.75, 3.05) is 13.2 Å². The highest BCUT2D eigenvalue weighted by Gasteiger charge is 2.24. The van der Waals surface area contributed by atoms with E-state index in [4.69, 9.17) is 9.47 Å². The van der Waals surface area contributed by atoms with Crippen LogP contribution in [-0.2, 0) is 22.3 Å².